The van der Waals surface area contributed by atoms with Crippen LogP contribution in [0.2, 0.25) is 0 Å². The molecule has 1 aromatic heterocycles. The van der Waals surface area contributed by atoms with E-state index in [2.05, 4.69) is 10.1 Å². The van der Waals surface area contributed by atoms with E-state index in [1.54, 1.807) is 22.8 Å². The van der Waals surface area contributed by atoms with Crippen LogP contribution < -0.4 is 0 Å². The van der Waals surface area contributed by atoms with Gasteiger partial charge in [0.1, 0.15) is 6.33 Å². The average Bonchev–Trinajstić information content (AvgIpc) is 3.39. The van der Waals surface area contributed by atoms with Gasteiger partial charge in [0.25, 0.3) is 5.91 Å². The Bertz CT molecular complexity index is 870. The maximum atomic E-state index is 12.4. The van der Waals surface area contributed by atoms with Gasteiger partial charge in [0.05, 0.1) is 5.69 Å². The molecule has 2 aromatic carbocycles. The molecular weight excluding hydrogens is 344 g/mol. The van der Waals surface area contributed by atoms with Crippen molar-refractivity contribution in [3.05, 3.63) is 72.1 Å². The Hall–Kier alpha value is -2.60. The molecule has 0 aliphatic carbocycles. The van der Waals surface area contributed by atoms with Gasteiger partial charge < -0.3 is 4.90 Å². The highest BCUT2D eigenvalue weighted by atomic mass is 32.2. The summed E-state index contributed by atoms with van der Waals surface area (Å²) in [6.45, 7) is 1.76. The lowest BCUT2D eigenvalue weighted by molar-refractivity contribution is 0.0793. The van der Waals surface area contributed by atoms with Crippen molar-refractivity contribution in [2.45, 2.75) is 23.8 Å². The van der Waals surface area contributed by atoms with Crippen LogP contribution in [0, 0.1) is 0 Å². The highest BCUT2D eigenvalue weighted by Crippen LogP contribution is 2.21. The van der Waals surface area contributed by atoms with Crippen LogP contribution in [0.4, 0.5) is 0 Å². The van der Waals surface area contributed by atoms with Crippen molar-refractivity contribution in [3.8, 4) is 5.69 Å². The van der Waals surface area contributed by atoms with Crippen LogP contribution in [0.1, 0.15) is 28.8 Å². The number of amides is 1. The molecule has 2 heterocycles. The fraction of sp³-hybridized carbons (Fsp3) is 0.250. The minimum Gasteiger partial charge on any atom is -0.339 e. The van der Waals surface area contributed by atoms with Crippen molar-refractivity contribution < 1.29 is 4.79 Å². The number of para-hydroxylation sites is 1. The molecule has 0 unspecified atom stereocenters. The molecule has 5 nitrogen and oxygen atoms in total. The largest absolute Gasteiger partial charge is 0.339 e. The van der Waals surface area contributed by atoms with Gasteiger partial charge in [-0.1, -0.05) is 42.1 Å². The first kappa shape index (κ1) is 16.8. The van der Waals surface area contributed by atoms with Gasteiger partial charge >= 0.3 is 0 Å². The highest BCUT2D eigenvalue weighted by molar-refractivity contribution is 7.98. The molecule has 6 heteroatoms. The number of thioether (sulfide) groups is 1. The number of carbonyl (C=O) groups is 1. The van der Waals surface area contributed by atoms with Crippen molar-refractivity contribution in [1.82, 2.24) is 19.7 Å². The van der Waals surface area contributed by atoms with E-state index in [1.807, 2.05) is 59.5 Å². The summed E-state index contributed by atoms with van der Waals surface area (Å²) in [5, 5.41) is 5.24. The molecule has 1 saturated heterocycles. The lowest BCUT2D eigenvalue weighted by Gasteiger charge is -2.15. The number of nitrogens with zero attached hydrogens (tertiary/aromatic N) is 4. The summed E-state index contributed by atoms with van der Waals surface area (Å²) in [4.78, 5) is 18.7. The number of hydrogen-bond donors (Lipinski definition) is 0. The molecule has 0 radical (unpaired) electrons. The van der Waals surface area contributed by atoms with Crippen molar-refractivity contribution >= 4 is 17.7 Å². The van der Waals surface area contributed by atoms with Crippen LogP contribution in [0.3, 0.4) is 0 Å². The quantitative estimate of drug-likeness (QED) is 0.646. The zero-order valence-corrected chi connectivity index (χ0v) is 15.2. The summed E-state index contributed by atoms with van der Waals surface area (Å²) in [5.74, 6) is 0.918. The van der Waals surface area contributed by atoms with Gasteiger partial charge in [0.15, 0.2) is 0 Å². The molecule has 1 aliphatic heterocycles. The van der Waals surface area contributed by atoms with Crippen LogP contribution in [0.15, 0.2) is 66.1 Å². The summed E-state index contributed by atoms with van der Waals surface area (Å²) in [5.41, 5.74) is 2.92. The fourth-order valence-electron chi connectivity index (χ4n) is 3.01. The number of benzene rings is 2. The Kier molecular flexibility index (Phi) is 5.02. The molecule has 0 bridgehead atoms. The Morgan fingerprint density at radius 1 is 1.00 bits per heavy atom. The molecule has 0 saturated carbocycles. The van der Waals surface area contributed by atoms with E-state index >= 15 is 0 Å². The first-order valence-electron chi connectivity index (χ1n) is 8.78. The van der Waals surface area contributed by atoms with E-state index in [4.69, 9.17) is 0 Å². The second kappa shape index (κ2) is 7.74. The third-order valence-corrected chi connectivity index (χ3v) is 5.38. The summed E-state index contributed by atoms with van der Waals surface area (Å²) in [7, 11) is 0. The normalized spacial score (nSPS) is 13.9. The molecule has 0 atom stereocenters. The van der Waals surface area contributed by atoms with Crippen molar-refractivity contribution in [1.29, 1.82) is 0 Å². The SMILES string of the molecule is O=C(c1ccc(CSc2ncn(-c3ccccc3)n2)cc1)N1CCCC1. The number of hydrogen-bond acceptors (Lipinski definition) is 4. The highest BCUT2D eigenvalue weighted by Gasteiger charge is 2.19. The molecule has 132 valence electrons. The maximum Gasteiger partial charge on any atom is 0.253 e. The van der Waals surface area contributed by atoms with Crippen molar-refractivity contribution in [3.63, 3.8) is 0 Å². The first-order valence-corrected chi connectivity index (χ1v) is 9.76. The zero-order valence-electron chi connectivity index (χ0n) is 14.4. The average molecular weight is 364 g/mol. The lowest BCUT2D eigenvalue weighted by atomic mass is 10.1. The predicted octanol–water partition coefficient (Wildman–Crippen LogP) is 3.80. The minimum absolute atomic E-state index is 0.143. The van der Waals surface area contributed by atoms with E-state index in [0.717, 1.165) is 53.7 Å². The van der Waals surface area contributed by atoms with E-state index < -0.39 is 0 Å². The minimum atomic E-state index is 0.143. The van der Waals surface area contributed by atoms with Crippen LogP contribution >= 0.6 is 11.8 Å². The van der Waals surface area contributed by atoms with Gasteiger partial charge in [-0.3, -0.25) is 4.79 Å². The molecule has 1 amide bonds. The Labute approximate surface area is 157 Å². The monoisotopic (exact) mass is 364 g/mol. The third kappa shape index (κ3) is 3.80. The van der Waals surface area contributed by atoms with Gasteiger partial charge in [-0.2, -0.15) is 0 Å². The van der Waals surface area contributed by atoms with E-state index in [0.29, 0.717) is 0 Å². The van der Waals surface area contributed by atoms with Crippen LogP contribution in [0.5, 0.6) is 0 Å². The van der Waals surface area contributed by atoms with Gasteiger partial charge in [0.2, 0.25) is 5.16 Å². The maximum absolute atomic E-state index is 12.4. The Morgan fingerprint density at radius 2 is 1.73 bits per heavy atom. The number of carbonyl (C=O) groups excluding carboxylic acids is 1. The molecule has 0 spiro atoms. The number of aromatic nitrogens is 3. The fourth-order valence-corrected chi connectivity index (χ4v) is 3.77. The molecule has 1 fully saturated rings. The number of rotatable bonds is 5. The van der Waals surface area contributed by atoms with E-state index in [-0.39, 0.29) is 5.91 Å². The molecule has 0 N–H and O–H groups in total. The Morgan fingerprint density at radius 3 is 2.46 bits per heavy atom. The van der Waals surface area contributed by atoms with Crippen molar-refractivity contribution in [2.24, 2.45) is 0 Å². The second-order valence-electron chi connectivity index (χ2n) is 6.29. The first-order chi connectivity index (χ1) is 12.8. The summed E-state index contributed by atoms with van der Waals surface area (Å²) < 4.78 is 1.78. The van der Waals surface area contributed by atoms with Gasteiger partial charge in [-0.05, 0) is 42.7 Å². The molecule has 26 heavy (non-hydrogen) atoms. The Balaban J connectivity index is 1.36. The third-order valence-electron chi connectivity index (χ3n) is 4.45. The lowest BCUT2D eigenvalue weighted by Crippen LogP contribution is -2.27. The van der Waals surface area contributed by atoms with Gasteiger partial charge in [-0.25, -0.2) is 9.67 Å². The standard InChI is InChI=1S/C20H20N4OS/c25-19(23-12-4-5-13-23)17-10-8-16(9-11-17)14-26-20-21-15-24(22-20)18-6-2-1-3-7-18/h1-3,6-11,15H,4-5,12-14H2. The van der Waals surface area contributed by atoms with Crippen molar-refractivity contribution in [2.75, 3.05) is 13.1 Å². The van der Waals surface area contributed by atoms with Crippen LogP contribution in [-0.2, 0) is 5.75 Å². The van der Waals surface area contributed by atoms with Crippen LogP contribution in [-0.4, -0.2) is 38.7 Å². The second-order valence-corrected chi connectivity index (χ2v) is 7.23. The predicted molar refractivity (Wildman–Crippen MR) is 102 cm³/mol. The molecule has 3 aromatic rings. The zero-order chi connectivity index (χ0) is 17.8. The van der Waals surface area contributed by atoms with E-state index in [1.165, 1.54) is 0 Å². The smallest absolute Gasteiger partial charge is 0.253 e. The topological polar surface area (TPSA) is 51.0 Å². The van der Waals surface area contributed by atoms with Crippen LogP contribution in [0.25, 0.3) is 5.69 Å². The summed E-state index contributed by atoms with van der Waals surface area (Å²) in [6.07, 6.45) is 3.96. The molecular formula is C20H20N4OS. The summed E-state index contributed by atoms with van der Waals surface area (Å²) >= 11 is 1.59. The van der Waals surface area contributed by atoms with Gasteiger partial charge in [0, 0.05) is 24.4 Å². The molecule has 1 aliphatic rings. The number of likely N-dealkylation sites (tertiary alicyclic amines) is 1. The van der Waals surface area contributed by atoms with Gasteiger partial charge in [-0.15, -0.1) is 5.10 Å². The van der Waals surface area contributed by atoms with E-state index in [9.17, 15) is 4.79 Å². The summed E-state index contributed by atoms with van der Waals surface area (Å²) in [6, 6.07) is 17.8. The molecule has 4 rings (SSSR count).